The quantitative estimate of drug-likeness (QED) is 0.835. The van der Waals surface area contributed by atoms with Crippen LogP contribution >= 0.6 is 15.9 Å². The van der Waals surface area contributed by atoms with Gasteiger partial charge in [-0.25, -0.2) is 4.79 Å². The Morgan fingerprint density at radius 2 is 2.25 bits per heavy atom. The molecule has 0 amide bonds. The highest BCUT2D eigenvalue weighted by Gasteiger charge is 2.01. The molecule has 0 aliphatic heterocycles. The zero-order valence-corrected chi connectivity index (χ0v) is 10.8. The molecule has 1 rings (SSSR count). The van der Waals surface area contributed by atoms with Crippen LogP contribution in [0, 0.1) is 6.92 Å². The predicted octanol–water partition coefficient (Wildman–Crippen LogP) is 3.20. The van der Waals surface area contributed by atoms with Gasteiger partial charge in [0, 0.05) is 22.8 Å². The smallest absolute Gasteiger partial charge is 0.328 e. The number of carboxylic acids is 1. The van der Waals surface area contributed by atoms with Crippen LogP contribution in [0.25, 0.3) is 0 Å². The summed E-state index contributed by atoms with van der Waals surface area (Å²) in [7, 11) is 0. The molecular formula is C12H14BrNO2. The van der Waals surface area contributed by atoms with Crippen molar-refractivity contribution in [3.05, 3.63) is 39.9 Å². The van der Waals surface area contributed by atoms with Gasteiger partial charge in [-0.15, -0.1) is 0 Å². The van der Waals surface area contributed by atoms with Crippen LogP contribution in [0.3, 0.4) is 0 Å². The van der Waals surface area contributed by atoms with Crippen molar-refractivity contribution in [1.29, 1.82) is 0 Å². The molecular weight excluding hydrogens is 270 g/mol. The van der Waals surface area contributed by atoms with Crippen LogP contribution in [0.15, 0.2) is 34.3 Å². The minimum Gasteiger partial charge on any atom is -0.478 e. The molecule has 0 saturated carbocycles. The highest BCUT2D eigenvalue weighted by molar-refractivity contribution is 9.10. The molecule has 0 bridgehead atoms. The highest BCUT2D eigenvalue weighted by Crippen LogP contribution is 2.25. The molecule has 2 N–H and O–H groups in total. The normalized spacial score (nSPS) is 11.3. The van der Waals surface area contributed by atoms with E-state index in [-0.39, 0.29) is 0 Å². The van der Waals surface area contributed by atoms with Crippen molar-refractivity contribution in [1.82, 2.24) is 0 Å². The van der Waals surface area contributed by atoms with E-state index in [0.717, 1.165) is 21.3 Å². The molecule has 0 unspecified atom stereocenters. The third-order valence-electron chi connectivity index (χ3n) is 2.12. The van der Waals surface area contributed by atoms with Crippen molar-refractivity contribution in [3.63, 3.8) is 0 Å². The Morgan fingerprint density at radius 1 is 1.56 bits per heavy atom. The maximum Gasteiger partial charge on any atom is 0.328 e. The average molecular weight is 284 g/mol. The summed E-state index contributed by atoms with van der Waals surface area (Å²) in [4.78, 5) is 10.4. The van der Waals surface area contributed by atoms with Crippen LogP contribution in [0.2, 0.25) is 0 Å². The van der Waals surface area contributed by atoms with Crippen molar-refractivity contribution < 1.29 is 9.90 Å². The van der Waals surface area contributed by atoms with Crippen molar-refractivity contribution >= 4 is 27.6 Å². The van der Waals surface area contributed by atoms with Gasteiger partial charge in [0.1, 0.15) is 0 Å². The first-order chi connectivity index (χ1) is 7.50. The molecule has 0 saturated heterocycles. The van der Waals surface area contributed by atoms with Gasteiger partial charge in [0.05, 0.1) is 0 Å². The van der Waals surface area contributed by atoms with Crippen LogP contribution in [0.5, 0.6) is 0 Å². The SMILES string of the molecule is C/C(=C/C(=O)O)CNc1cccc(C)c1Br. The summed E-state index contributed by atoms with van der Waals surface area (Å²) < 4.78 is 1.01. The standard InChI is InChI=1S/C12H14BrNO2/c1-8(6-11(15)16)7-14-10-5-3-4-9(2)12(10)13/h3-6,14H,7H2,1-2H3,(H,15,16)/b8-6-. The Labute approximate surface area is 103 Å². The average Bonchev–Trinajstić information content (AvgIpc) is 2.19. The fraction of sp³-hybridized carbons (Fsp3) is 0.250. The molecule has 3 nitrogen and oxygen atoms in total. The molecule has 0 atom stereocenters. The number of nitrogens with one attached hydrogen (secondary N) is 1. The number of carboxylic acid groups (broad SMARTS) is 1. The molecule has 0 aliphatic rings. The van der Waals surface area contributed by atoms with Crippen LogP contribution in [-0.2, 0) is 4.79 Å². The van der Waals surface area contributed by atoms with Crippen molar-refractivity contribution in [2.75, 3.05) is 11.9 Å². The Hall–Kier alpha value is -1.29. The predicted molar refractivity (Wildman–Crippen MR) is 68.8 cm³/mol. The molecule has 1 aromatic rings. The molecule has 0 fully saturated rings. The summed E-state index contributed by atoms with van der Waals surface area (Å²) in [5.41, 5.74) is 2.89. The summed E-state index contributed by atoms with van der Waals surface area (Å²) in [5.74, 6) is -0.914. The lowest BCUT2D eigenvalue weighted by Crippen LogP contribution is -2.05. The van der Waals surface area contributed by atoms with E-state index in [1.807, 2.05) is 25.1 Å². The van der Waals surface area contributed by atoms with Crippen molar-refractivity contribution in [3.8, 4) is 0 Å². The first-order valence-electron chi connectivity index (χ1n) is 4.90. The Kier molecular flexibility index (Phi) is 4.55. The number of halogens is 1. The maximum absolute atomic E-state index is 10.4. The summed E-state index contributed by atoms with van der Waals surface area (Å²) >= 11 is 3.48. The largest absolute Gasteiger partial charge is 0.478 e. The first kappa shape index (κ1) is 12.8. The fourth-order valence-corrected chi connectivity index (χ4v) is 1.68. The van der Waals surface area contributed by atoms with Gasteiger partial charge in [0.2, 0.25) is 0 Å². The fourth-order valence-electron chi connectivity index (χ4n) is 1.28. The zero-order valence-electron chi connectivity index (χ0n) is 9.25. The number of rotatable bonds is 4. The lowest BCUT2D eigenvalue weighted by molar-refractivity contribution is -0.131. The number of aryl methyl sites for hydroxylation is 1. The Balaban J connectivity index is 2.68. The maximum atomic E-state index is 10.4. The molecule has 0 radical (unpaired) electrons. The number of hydrogen-bond donors (Lipinski definition) is 2. The minimum absolute atomic E-state index is 0.522. The van der Waals surface area contributed by atoms with Gasteiger partial charge >= 0.3 is 5.97 Å². The number of aliphatic carboxylic acids is 1. The van der Waals surface area contributed by atoms with Crippen LogP contribution < -0.4 is 5.32 Å². The third kappa shape index (κ3) is 3.70. The van der Waals surface area contributed by atoms with Gasteiger partial charge in [-0.3, -0.25) is 0 Å². The molecule has 0 heterocycles. The van der Waals surface area contributed by atoms with Gasteiger partial charge in [-0.05, 0) is 47.0 Å². The second kappa shape index (κ2) is 5.70. The van der Waals surface area contributed by atoms with E-state index in [1.54, 1.807) is 6.92 Å². The van der Waals surface area contributed by atoms with E-state index >= 15 is 0 Å². The molecule has 0 aliphatic carbocycles. The third-order valence-corrected chi connectivity index (χ3v) is 3.17. The lowest BCUT2D eigenvalue weighted by atomic mass is 10.2. The van der Waals surface area contributed by atoms with Gasteiger partial charge in [0.15, 0.2) is 0 Å². The van der Waals surface area contributed by atoms with Crippen LogP contribution in [-0.4, -0.2) is 17.6 Å². The zero-order chi connectivity index (χ0) is 12.1. The first-order valence-corrected chi connectivity index (χ1v) is 5.69. The Bertz CT molecular complexity index is 427. The second-order valence-corrected chi connectivity index (χ2v) is 4.41. The van der Waals surface area contributed by atoms with Gasteiger partial charge in [-0.1, -0.05) is 12.1 Å². The Morgan fingerprint density at radius 3 is 2.88 bits per heavy atom. The van der Waals surface area contributed by atoms with E-state index in [0.29, 0.717) is 6.54 Å². The van der Waals surface area contributed by atoms with Crippen molar-refractivity contribution in [2.45, 2.75) is 13.8 Å². The highest BCUT2D eigenvalue weighted by atomic mass is 79.9. The van der Waals surface area contributed by atoms with Gasteiger partial charge < -0.3 is 10.4 Å². The molecule has 16 heavy (non-hydrogen) atoms. The second-order valence-electron chi connectivity index (χ2n) is 3.62. The van der Waals surface area contributed by atoms with E-state index in [4.69, 9.17) is 5.11 Å². The number of benzene rings is 1. The summed E-state index contributed by atoms with van der Waals surface area (Å²) in [6, 6.07) is 5.92. The summed E-state index contributed by atoms with van der Waals surface area (Å²) in [6.45, 7) is 4.31. The van der Waals surface area contributed by atoms with Crippen LogP contribution in [0.4, 0.5) is 5.69 Å². The molecule has 0 spiro atoms. The summed E-state index contributed by atoms with van der Waals surface area (Å²) in [5, 5.41) is 11.7. The van der Waals surface area contributed by atoms with Gasteiger partial charge in [0.25, 0.3) is 0 Å². The van der Waals surface area contributed by atoms with E-state index in [2.05, 4.69) is 21.2 Å². The molecule has 4 heteroatoms. The monoisotopic (exact) mass is 283 g/mol. The minimum atomic E-state index is -0.914. The molecule has 86 valence electrons. The van der Waals surface area contributed by atoms with Crippen molar-refractivity contribution in [2.24, 2.45) is 0 Å². The van der Waals surface area contributed by atoms with Crippen LogP contribution in [0.1, 0.15) is 12.5 Å². The van der Waals surface area contributed by atoms with E-state index < -0.39 is 5.97 Å². The summed E-state index contributed by atoms with van der Waals surface area (Å²) in [6.07, 6.45) is 1.21. The lowest BCUT2D eigenvalue weighted by Gasteiger charge is -2.10. The molecule has 0 aromatic heterocycles. The number of carbonyl (C=O) groups is 1. The number of hydrogen-bond acceptors (Lipinski definition) is 2. The van der Waals surface area contributed by atoms with Gasteiger partial charge in [-0.2, -0.15) is 0 Å². The number of anilines is 1. The molecule has 1 aromatic carbocycles. The van der Waals surface area contributed by atoms with E-state index in [1.165, 1.54) is 6.08 Å². The topological polar surface area (TPSA) is 49.3 Å². The van der Waals surface area contributed by atoms with E-state index in [9.17, 15) is 4.79 Å².